The van der Waals surface area contributed by atoms with Crippen molar-refractivity contribution in [3.05, 3.63) is 59.6 Å². The predicted molar refractivity (Wildman–Crippen MR) is 102 cm³/mol. The first-order valence-corrected chi connectivity index (χ1v) is 9.68. The summed E-state index contributed by atoms with van der Waals surface area (Å²) in [4.78, 5) is 4.29. The highest BCUT2D eigenvalue weighted by Crippen LogP contribution is 2.36. The lowest BCUT2D eigenvalue weighted by Crippen LogP contribution is -1.92. The molecular formula is C19H12ClN3O4S. The first-order chi connectivity index (χ1) is 13.7. The first kappa shape index (κ1) is 17.2. The molecule has 1 aliphatic heterocycles. The molecule has 2 aromatic heterocycles. The number of oxazole rings is 1. The molecule has 0 unspecified atom stereocenters. The van der Waals surface area contributed by atoms with Crippen LogP contribution < -0.4 is 9.47 Å². The molecule has 0 atom stereocenters. The monoisotopic (exact) mass is 413 g/mol. The second-order valence-electron chi connectivity index (χ2n) is 5.86. The topological polar surface area (TPSA) is 83.4 Å². The Kier molecular flexibility index (Phi) is 4.42. The Balaban J connectivity index is 1.27. The van der Waals surface area contributed by atoms with Gasteiger partial charge in [-0.2, -0.15) is 0 Å². The van der Waals surface area contributed by atoms with Gasteiger partial charge in [-0.05, 0) is 30.3 Å². The molecule has 0 bridgehead atoms. The van der Waals surface area contributed by atoms with Crippen LogP contribution >= 0.6 is 23.4 Å². The molecule has 0 fully saturated rings. The third-order valence-electron chi connectivity index (χ3n) is 4.01. The lowest BCUT2D eigenvalue weighted by molar-refractivity contribution is 0.174. The minimum absolute atomic E-state index is 0.219. The van der Waals surface area contributed by atoms with E-state index in [1.165, 1.54) is 11.8 Å². The summed E-state index contributed by atoms with van der Waals surface area (Å²) in [6, 6.07) is 12.9. The SMILES string of the molecule is Clc1cccc(-c2cnc(CSc3nnc(-c4ccc5c(c4)OCO5)o3)o2)c1. The maximum atomic E-state index is 6.02. The molecular weight excluding hydrogens is 402 g/mol. The van der Waals surface area contributed by atoms with E-state index >= 15 is 0 Å². The van der Waals surface area contributed by atoms with E-state index in [9.17, 15) is 0 Å². The molecule has 1 aliphatic rings. The number of benzene rings is 2. The predicted octanol–water partition coefficient (Wildman–Crippen LogP) is 5.07. The third kappa shape index (κ3) is 3.44. The van der Waals surface area contributed by atoms with Crippen LogP contribution in [0.3, 0.4) is 0 Å². The minimum Gasteiger partial charge on any atom is -0.454 e. The summed E-state index contributed by atoms with van der Waals surface area (Å²) in [6.45, 7) is 0.219. The summed E-state index contributed by atoms with van der Waals surface area (Å²) in [5.41, 5.74) is 1.64. The lowest BCUT2D eigenvalue weighted by Gasteiger charge is -1.98. The van der Waals surface area contributed by atoms with Crippen LogP contribution in [0.5, 0.6) is 11.5 Å². The molecule has 5 rings (SSSR count). The molecule has 0 N–H and O–H groups in total. The van der Waals surface area contributed by atoms with Gasteiger partial charge in [-0.1, -0.05) is 35.5 Å². The van der Waals surface area contributed by atoms with Gasteiger partial charge in [-0.15, -0.1) is 10.2 Å². The Labute approximate surface area is 168 Å². The minimum atomic E-state index is 0.219. The van der Waals surface area contributed by atoms with Crippen molar-refractivity contribution in [1.82, 2.24) is 15.2 Å². The van der Waals surface area contributed by atoms with Crippen molar-refractivity contribution >= 4 is 23.4 Å². The average Bonchev–Trinajstić information content (AvgIpc) is 3.45. The normalized spacial score (nSPS) is 12.5. The smallest absolute Gasteiger partial charge is 0.277 e. The van der Waals surface area contributed by atoms with Crippen LogP contribution in [-0.4, -0.2) is 22.0 Å². The molecule has 4 aromatic rings. The van der Waals surface area contributed by atoms with Gasteiger partial charge in [-0.3, -0.25) is 0 Å². The quantitative estimate of drug-likeness (QED) is 0.419. The zero-order chi connectivity index (χ0) is 18.9. The highest BCUT2D eigenvalue weighted by molar-refractivity contribution is 7.98. The molecule has 2 aromatic carbocycles. The number of fused-ring (bicyclic) bond motifs is 1. The number of hydrogen-bond acceptors (Lipinski definition) is 8. The number of ether oxygens (including phenoxy) is 2. The van der Waals surface area contributed by atoms with Gasteiger partial charge in [-0.25, -0.2) is 4.98 Å². The number of nitrogens with zero attached hydrogens (tertiary/aromatic N) is 3. The highest BCUT2D eigenvalue weighted by atomic mass is 35.5. The van der Waals surface area contributed by atoms with Crippen LogP contribution in [0, 0.1) is 0 Å². The van der Waals surface area contributed by atoms with E-state index < -0.39 is 0 Å². The Bertz CT molecular complexity index is 1140. The van der Waals surface area contributed by atoms with Crippen molar-refractivity contribution in [3.8, 4) is 34.3 Å². The summed E-state index contributed by atoms with van der Waals surface area (Å²) in [5, 5.41) is 9.22. The molecule has 0 aliphatic carbocycles. The number of aromatic nitrogens is 3. The lowest BCUT2D eigenvalue weighted by atomic mass is 10.2. The van der Waals surface area contributed by atoms with Crippen molar-refractivity contribution in [2.24, 2.45) is 0 Å². The standard InChI is InChI=1S/C19H12ClN3O4S/c20-13-3-1-2-11(6-13)16-8-21-17(26-16)9-28-19-23-22-18(27-19)12-4-5-14-15(7-12)25-10-24-14/h1-8H,9-10H2. The molecule has 28 heavy (non-hydrogen) atoms. The van der Waals surface area contributed by atoms with Gasteiger partial charge < -0.3 is 18.3 Å². The van der Waals surface area contributed by atoms with Crippen LogP contribution in [0.2, 0.25) is 5.02 Å². The van der Waals surface area contributed by atoms with E-state index in [0.717, 1.165) is 11.1 Å². The van der Waals surface area contributed by atoms with Crippen molar-refractivity contribution in [2.75, 3.05) is 6.79 Å². The molecule has 9 heteroatoms. The summed E-state index contributed by atoms with van der Waals surface area (Å²) >= 11 is 7.37. The van der Waals surface area contributed by atoms with Crippen LogP contribution in [0.1, 0.15) is 5.89 Å². The van der Waals surface area contributed by atoms with Gasteiger partial charge in [0.15, 0.2) is 17.3 Å². The number of hydrogen-bond donors (Lipinski definition) is 0. The third-order valence-corrected chi connectivity index (χ3v) is 5.05. The zero-order valence-corrected chi connectivity index (χ0v) is 15.9. The fourth-order valence-corrected chi connectivity index (χ4v) is 3.50. The highest BCUT2D eigenvalue weighted by Gasteiger charge is 2.17. The van der Waals surface area contributed by atoms with Gasteiger partial charge in [0.25, 0.3) is 5.22 Å². The van der Waals surface area contributed by atoms with Gasteiger partial charge in [0.2, 0.25) is 18.6 Å². The Morgan fingerprint density at radius 1 is 0.964 bits per heavy atom. The Morgan fingerprint density at radius 2 is 1.89 bits per heavy atom. The molecule has 140 valence electrons. The van der Waals surface area contributed by atoms with E-state index in [1.807, 2.05) is 42.5 Å². The van der Waals surface area contributed by atoms with Gasteiger partial charge in [0.05, 0.1) is 11.9 Å². The second-order valence-corrected chi connectivity index (χ2v) is 7.22. The van der Waals surface area contributed by atoms with Crippen molar-refractivity contribution in [2.45, 2.75) is 11.0 Å². The molecule has 0 saturated heterocycles. The van der Waals surface area contributed by atoms with Gasteiger partial charge in [0, 0.05) is 16.1 Å². The summed E-state index contributed by atoms with van der Waals surface area (Å²) in [5.74, 6) is 3.46. The second kappa shape index (κ2) is 7.21. The first-order valence-electron chi connectivity index (χ1n) is 8.31. The largest absolute Gasteiger partial charge is 0.454 e. The van der Waals surface area contributed by atoms with E-state index in [-0.39, 0.29) is 6.79 Å². The van der Waals surface area contributed by atoms with E-state index in [4.69, 9.17) is 29.9 Å². The fraction of sp³-hybridized carbons (Fsp3) is 0.105. The number of thioether (sulfide) groups is 1. The molecule has 0 spiro atoms. The fourth-order valence-electron chi connectivity index (χ4n) is 2.69. The summed E-state index contributed by atoms with van der Waals surface area (Å²) < 4.78 is 22.2. The van der Waals surface area contributed by atoms with Crippen molar-refractivity contribution in [1.29, 1.82) is 0 Å². The van der Waals surface area contributed by atoms with Crippen molar-refractivity contribution in [3.63, 3.8) is 0 Å². The number of rotatable bonds is 5. The molecule has 0 saturated carbocycles. The van der Waals surface area contributed by atoms with Crippen LogP contribution in [0.15, 0.2) is 62.7 Å². The molecule has 3 heterocycles. The zero-order valence-electron chi connectivity index (χ0n) is 14.3. The maximum Gasteiger partial charge on any atom is 0.277 e. The van der Waals surface area contributed by atoms with E-state index in [2.05, 4.69) is 15.2 Å². The summed E-state index contributed by atoms with van der Waals surface area (Å²) in [6.07, 6.45) is 1.67. The van der Waals surface area contributed by atoms with Crippen molar-refractivity contribution < 1.29 is 18.3 Å². The average molecular weight is 414 g/mol. The number of halogens is 1. The maximum absolute atomic E-state index is 6.02. The Hall–Kier alpha value is -2.97. The van der Waals surface area contributed by atoms with Gasteiger partial charge >= 0.3 is 0 Å². The van der Waals surface area contributed by atoms with E-state index in [0.29, 0.717) is 45.0 Å². The van der Waals surface area contributed by atoms with Crippen LogP contribution in [0.4, 0.5) is 0 Å². The summed E-state index contributed by atoms with van der Waals surface area (Å²) in [7, 11) is 0. The molecule has 0 radical (unpaired) electrons. The van der Waals surface area contributed by atoms with E-state index in [1.54, 1.807) is 6.20 Å². The van der Waals surface area contributed by atoms with Crippen LogP contribution in [0.25, 0.3) is 22.8 Å². The molecule has 0 amide bonds. The van der Waals surface area contributed by atoms with Gasteiger partial charge in [0.1, 0.15) is 0 Å². The Morgan fingerprint density at radius 3 is 2.82 bits per heavy atom. The van der Waals surface area contributed by atoms with Crippen LogP contribution in [-0.2, 0) is 5.75 Å². The molecule has 7 nitrogen and oxygen atoms in total.